The standard InChI is InChI=1S/C9H16ClNO2.ClH/c1-13-9(12)8-2-5-11(6-3-8)7-4-10;/h8H,2-7H2,1H3;1H. The lowest BCUT2D eigenvalue weighted by Gasteiger charge is -2.29. The SMILES string of the molecule is COC(=O)C1CCN(CCCl)CC1.Cl. The van der Waals surface area contributed by atoms with Gasteiger partial charge in [-0.1, -0.05) is 0 Å². The molecule has 1 fully saturated rings. The van der Waals surface area contributed by atoms with Crippen molar-refractivity contribution in [1.29, 1.82) is 0 Å². The minimum atomic E-state index is -0.0643. The van der Waals surface area contributed by atoms with Gasteiger partial charge in [0, 0.05) is 12.4 Å². The van der Waals surface area contributed by atoms with Crippen molar-refractivity contribution in [2.24, 2.45) is 5.92 Å². The molecule has 0 amide bonds. The van der Waals surface area contributed by atoms with Crippen LogP contribution in [0.25, 0.3) is 0 Å². The first kappa shape index (κ1) is 14.0. The van der Waals surface area contributed by atoms with E-state index in [0.29, 0.717) is 5.88 Å². The van der Waals surface area contributed by atoms with Crippen molar-refractivity contribution >= 4 is 30.0 Å². The predicted octanol–water partition coefficient (Wildman–Crippen LogP) is 1.53. The summed E-state index contributed by atoms with van der Waals surface area (Å²) in [6.45, 7) is 2.86. The van der Waals surface area contributed by atoms with Gasteiger partial charge in [0.25, 0.3) is 0 Å². The third kappa shape index (κ3) is 4.03. The van der Waals surface area contributed by atoms with Gasteiger partial charge in [0.1, 0.15) is 0 Å². The molecule has 84 valence electrons. The Kier molecular flexibility index (Phi) is 7.33. The Morgan fingerprint density at radius 1 is 1.50 bits per heavy atom. The zero-order valence-electron chi connectivity index (χ0n) is 8.37. The molecule has 0 N–H and O–H groups in total. The number of esters is 1. The quantitative estimate of drug-likeness (QED) is 0.555. The summed E-state index contributed by atoms with van der Waals surface area (Å²) in [5.41, 5.74) is 0. The lowest BCUT2D eigenvalue weighted by atomic mass is 9.97. The molecule has 5 heteroatoms. The number of carbonyl (C=O) groups is 1. The van der Waals surface area contributed by atoms with Gasteiger partial charge < -0.3 is 9.64 Å². The summed E-state index contributed by atoms with van der Waals surface area (Å²) in [5, 5.41) is 0. The molecule has 0 spiro atoms. The average Bonchev–Trinajstić information content (AvgIpc) is 2.18. The van der Waals surface area contributed by atoms with Crippen molar-refractivity contribution in [3.63, 3.8) is 0 Å². The summed E-state index contributed by atoms with van der Waals surface area (Å²) >= 11 is 5.63. The lowest BCUT2D eigenvalue weighted by Crippen LogP contribution is -2.37. The average molecular weight is 242 g/mol. The second-order valence-corrected chi connectivity index (χ2v) is 3.71. The first-order valence-corrected chi connectivity index (χ1v) is 5.17. The van der Waals surface area contributed by atoms with E-state index in [4.69, 9.17) is 16.3 Å². The second kappa shape index (κ2) is 7.32. The van der Waals surface area contributed by atoms with E-state index in [2.05, 4.69) is 4.90 Å². The summed E-state index contributed by atoms with van der Waals surface area (Å²) in [5.74, 6) is 0.713. The number of hydrogen-bond donors (Lipinski definition) is 0. The fourth-order valence-electron chi connectivity index (χ4n) is 1.68. The number of carbonyl (C=O) groups excluding carboxylic acids is 1. The van der Waals surface area contributed by atoms with Crippen LogP contribution in [0.5, 0.6) is 0 Å². The Morgan fingerprint density at radius 3 is 2.50 bits per heavy atom. The maximum absolute atomic E-state index is 11.2. The number of halogens is 2. The molecular weight excluding hydrogens is 225 g/mol. The topological polar surface area (TPSA) is 29.5 Å². The highest BCUT2D eigenvalue weighted by molar-refractivity contribution is 6.18. The largest absolute Gasteiger partial charge is 0.469 e. The molecule has 1 heterocycles. The third-order valence-corrected chi connectivity index (χ3v) is 2.69. The van der Waals surface area contributed by atoms with Crippen LogP contribution in [0.4, 0.5) is 0 Å². The molecule has 3 nitrogen and oxygen atoms in total. The molecule has 0 radical (unpaired) electrons. The van der Waals surface area contributed by atoms with Crippen molar-refractivity contribution in [2.45, 2.75) is 12.8 Å². The summed E-state index contributed by atoms with van der Waals surface area (Å²) in [4.78, 5) is 13.4. The summed E-state index contributed by atoms with van der Waals surface area (Å²) in [7, 11) is 1.45. The predicted molar refractivity (Wildman–Crippen MR) is 59.1 cm³/mol. The molecule has 1 rings (SSSR count). The molecular formula is C9H17Cl2NO2. The second-order valence-electron chi connectivity index (χ2n) is 3.33. The van der Waals surface area contributed by atoms with Crippen molar-refractivity contribution < 1.29 is 9.53 Å². The van der Waals surface area contributed by atoms with Gasteiger partial charge >= 0.3 is 5.97 Å². The van der Waals surface area contributed by atoms with Gasteiger partial charge in [-0.25, -0.2) is 0 Å². The van der Waals surface area contributed by atoms with E-state index in [1.54, 1.807) is 0 Å². The van der Waals surface area contributed by atoms with Gasteiger partial charge in [0.05, 0.1) is 13.0 Å². The van der Waals surface area contributed by atoms with Gasteiger partial charge in [0.2, 0.25) is 0 Å². The van der Waals surface area contributed by atoms with E-state index in [1.165, 1.54) is 7.11 Å². The Labute approximate surface area is 96.1 Å². The van der Waals surface area contributed by atoms with Crippen LogP contribution >= 0.6 is 24.0 Å². The first-order valence-electron chi connectivity index (χ1n) is 4.64. The van der Waals surface area contributed by atoms with Crippen LogP contribution in [0.1, 0.15) is 12.8 Å². The Hall–Kier alpha value is 0.01000. The molecule has 0 saturated carbocycles. The summed E-state index contributed by atoms with van der Waals surface area (Å²) in [6.07, 6.45) is 1.81. The molecule has 1 saturated heterocycles. The van der Waals surface area contributed by atoms with Gasteiger partial charge in [-0.3, -0.25) is 4.79 Å². The third-order valence-electron chi connectivity index (χ3n) is 2.52. The number of hydrogen-bond acceptors (Lipinski definition) is 3. The highest BCUT2D eigenvalue weighted by Crippen LogP contribution is 2.17. The summed E-state index contributed by atoms with van der Waals surface area (Å²) < 4.78 is 4.70. The van der Waals surface area contributed by atoms with Crippen molar-refractivity contribution in [3.8, 4) is 0 Å². The Morgan fingerprint density at radius 2 is 2.07 bits per heavy atom. The number of methoxy groups -OCH3 is 1. The molecule has 0 bridgehead atoms. The van der Waals surface area contributed by atoms with Gasteiger partial charge in [0.15, 0.2) is 0 Å². The summed E-state index contributed by atoms with van der Waals surface area (Å²) in [6, 6.07) is 0. The zero-order chi connectivity index (χ0) is 9.68. The van der Waals surface area contributed by atoms with E-state index in [1.807, 2.05) is 0 Å². The van der Waals surface area contributed by atoms with Crippen LogP contribution in [0.3, 0.4) is 0 Å². The fraction of sp³-hybridized carbons (Fsp3) is 0.889. The van der Waals surface area contributed by atoms with Gasteiger partial charge in [-0.2, -0.15) is 0 Å². The maximum atomic E-state index is 11.2. The number of ether oxygens (including phenoxy) is 1. The van der Waals surface area contributed by atoms with Crippen LogP contribution in [0.15, 0.2) is 0 Å². The maximum Gasteiger partial charge on any atom is 0.308 e. The van der Waals surface area contributed by atoms with Crippen molar-refractivity contribution in [2.75, 3.05) is 32.6 Å². The van der Waals surface area contributed by atoms with Crippen molar-refractivity contribution in [3.05, 3.63) is 0 Å². The molecule has 0 atom stereocenters. The molecule has 1 aliphatic heterocycles. The monoisotopic (exact) mass is 241 g/mol. The molecule has 0 aliphatic carbocycles. The zero-order valence-corrected chi connectivity index (χ0v) is 9.94. The van der Waals surface area contributed by atoms with E-state index < -0.39 is 0 Å². The minimum absolute atomic E-state index is 0. The van der Waals surface area contributed by atoms with E-state index in [0.717, 1.165) is 32.5 Å². The van der Waals surface area contributed by atoms with E-state index >= 15 is 0 Å². The van der Waals surface area contributed by atoms with Gasteiger partial charge in [-0.15, -0.1) is 24.0 Å². The fourth-order valence-corrected chi connectivity index (χ4v) is 1.92. The first-order chi connectivity index (χ1) is 6.27. The highest BCUT2D eigenvalue weighted by atomic mass is 35.5. The lowest BCUT2D eigenvalue weighted by molar-refractivity contribution is -0.147. The molecule has 14 heavy (non-hydrogen) atoms. The number of likely N-dealkylation sites (tertiary alicyclic amines) is 1. The molecule has 0 aromatic carbocycles. The number of piperidine rings is 1. The van der Waals surface area contributed by atoms with Crippen LogP contribution in [0.2, 0.25) is 0 Å². The normalized spacial score (nSPS) is 18.7. The molecule has 1 aliphatic rings. The molecule has 0 aromatic heterocycles. The molecule has 0 aromatic rings. The number of rotatable bonds is 3. The Balaban J connectivity index is 0.00000169. The van der Waals surface area contributed by atoms with Crippen LogP contribution in [0, 0.1) is 5.92 Å². The Bertz CT molecular complexity index is 170. The smallest absolute Gasteiger partial charge is 0.308 e. The van der Waals surface area contributed by atoms with Crippen molar-refractivity contribution in [1.82, 2.24) is 4.90 Å². The van der Waals surface area contributed by atoms with Gasteiger partial charge in [-0.05, 0) is 25.9 Å². The van der Waals surface area contributed by atoms with E-state index in [9.17, 15) is 4.79 Å². The van der Waals surface area contributed by atoms with Crippen LogP contribution in [-0.2, 0) is 9.53 Å². The van der Waals surface area contributed by atoms with E-state index in [-0.39, 0.29) is 24.3 Å². The number of nitrogens with zero attached hydrogens (tertiary/aromatic N) is 1. The van der Waals surface area contributed by atoms with Crippen LogP contribution < -0.4 is 0 Å². The number of alkyl halides is 1. The minimum Gasteiger partial charge on any atom is -0.469 e. The molecule has 0 unspecified atom stereocenters. The van der Waals surface area contributed by atoms with Crippen LogP contribution in [-0.4, -0.2) is 43.5 Å². The highest BCUT2D eigenvalue weighted by Gasteiger charge is 2.24.